The summed E-state index contributed by atoms with van der Waals surface area (Å²) in [4.78, 5) is 11.2. The molecule has 0 aromatic heterocycles. The second-order valence-corrected chi connectivity index (χ2v) is 7.52. The van der Waals surface area contributed by atoms with Crippen LogP contribution in [0.2, 0.25) is 0 Å². The molecule has 2 rings (SSSR count). The minimum absolute atomic E-state index is 0.433. The van der Waals surface area contributed by atoms with Gasteiger partial charge in [0.15, 0.2) is 0 Å². The van der Waals surface area contributed by atoms with E-state index in [9.17, 15) is 4.79 Å². The van der Waals surface area contributed by atoms with Gasteiger partial charge in [0.05, 0.1) is 0 Å². The van der Waals surface area contributed by atoms with Crippen LogP contribution in [0.5, 0.6) is 5.75 Å². The molecule has 0 saturated carbocycles. The Balaban J connectivity index is 2.31. The maximum atomic E-state index is 11.2. The van der Waals surface area contributed by atoms with Gasteiger partial charge >= 0.3 is 134 Å². The van der Waals surface area contributed by atoms with E-state index in [1.807, 2.05) is 48.5 Å². The molecule has 0 fully saturated rings. The molecule has 0 aliphatic heterocycles. The van der Waals surface area contributed by atoms with Gasteiger partial charge < -0.3 is 0 Å². The summed E-state index contributed by atoms with van der Waals surface area (Å²) in [5, 5.41) is -0.433. The molecule has 0 aliphatic carbocycles. The number of allylic oxidation sites excluding steroid dienone is 1. The van der Waals surface area contributed by atoms with E-state index in [4.69, 9.17) is 16.3 Å². The zero-order valence-corrected chi connectivity index (χ0v) is 14.0. The van der Waals surface area contributed by atoms with Gasteiger partial charge in [-0.25, -0.2) is 0 Å². The Bertz CT molecular complexity index is 623. The van der Waals surface area contributed by atoms with Crippen molar-refractivity contribution < 1.29 is 9.53 Å². The zero-order chi connectivity index (χ0) is 14.4. The quantitative estimate of drug-likeness (QED) is 0.438. The first-order valence-corrected chi connectivity index (χ1v) is 8.68. The van der Waals surface area contributed by atoms with E-state index in [0.29, 0.717) is 0 Å². The molecule has 0 N–H and O–H groups in total. The molecule has 0 atom stereocenters. The average Bonchev–Trinajstić information content (AvgIpc) is 2.47. The molecule has 0 unspecified atom stereocenters. The van der Waals surface area contributed by atoms with E-state index in [2.05, 4.69) is 6.07 Å². The SMILES string of the molecule is COc1cccc([Te]C(=CC(=O)Cl)c2ccccc2)c1. The first-order chi connectivity index (χ1) is 9.69. The molecule has 2 aromatic rings. The van der Waals surface area contributed by atoms with E-state index in [-0.39, 0.29) is 0 Å². The Morgan fingerprint density at radius 1 is 1.15 bits per heavy atom. The number of carbonyl (C=O) groups is 1. The molecule has 0 saturated heterocycles. The third-order valence-electron chi connectivity index (χ3n) is 2.57. The fourth-order valence-electron chi connectivity index (χ4n) is 1.67. The number of hydrogen-bond donors (Lipinski definition) is 0. The summed E-state index contributed by atoms with van der Waals surface area (Å²) in [7, 11) is 1.65. The predicted octanol–water partition coefficient (Wildman–Crippen LogP) is 2.83. The number of methoxy groups -OCH3 is 1. The van der Waals surface area contributed by atoms with Gasteiger partial charge in [-0.3, -0.25) is 0 Å². The Morgan fingerprint density at radius 2 is 1.90 bits per heavy atom. The normalized spacial score (nSPS) is 11.2. The van der Waals surface area contributed by atoms with Crippen LogP contribution in [0.1, 0.15) is 5.56 Å². The van der Waals surface area contributed by atoms with Crippen LogP contribution in [-0.4, -0.2) is 33.3 Å². The molecular weight excluding hydrogens is 387 g/mol. The van der Waals surface area contributed by atoms with Crippen molar-refractivity contribution in [2.45, 2.75) is 0 Å². The van der Waals surface area contributed by atoms with Gasteiger partial charge in [-0.15, -0.1) is 0 Å². The number of ether oxygens (including phenoxy) is 1. The van der Waals surface area contributed by atoms with Crippen molar-refractivity contribution in [1.29, 1.82) is 0 Å². The van der Waals surface area contributed by atoms with Crippen LogP contribution in [0.25, 0.3) is 3.62 Å². The van der Waals surface area contributed by atoms with Gasteiger partial charge in [0.25, 0.3) is 0 Å². The van der Waals surface area contributed by atoms with E-state index < -0.39 is 26.2 Å². The third kappa shape index (κ3) is 4.38. The molecule has 0 bridgehead atoms. The predicted molar refractivity (Wildman–Crippen MR) is 83.7 cm³/mol. The first kappa shape index (κ1) is 15.1. The van der Waals surface area contributed by atoms with E-state index >= 15 is 0 Å². The van der Waals surface area contributed by atoms with Gasteiger partial charge in [0.2, 0.25) is 0 Å². The van der Waals surface area contributed by atoms with E-state index in [0.717, 1.165) is 14.9 Å². The minimum atomic E-state index is -0.703. The van der Waals surface area contributed by atoms with Crippen LogP contribution in [0.15, 0.2) is 60.7 Å². The van der Waals surface area contributed by atoms with Crippen LogP contribution < -0.4 is 8.35 Å². The summed E-state index contributed by atoms with van der Waals surface area (Å²) in [5.41, 5.74) is 1.05. The second kappa shape index (κ2) is 7.50. The van der Waals surface area contributed by atoms with Crippen molar-refractivity contribution in [1.82, 2.24) is 0 Å². The molecule has 0 spiro atoms. The van der Waals surface area contributed by atoms with Crippen LogP contribution in [0.4, 0.5) is 0 Å². The van der Waals surface area contributed by atoms with Crippen LogP contribution >= 0.6 is 11.6 Å². The summed E-state index contributed by atoms with van der Waals surface area (Å²) in [6.45, 7) is 0. The van der Waals surface area contributed by atoms with Crippen LogP contribution in [0, 0.1) is 0 Å². The summed E-state index contributed by atoms with van der Waals surface area (Å²) in [6, 6.07) is 17.8. The summed E-state index contributed by atoms with van der Waals surface area (Å²) in [5.74, 6) is 0.831. The Hall–Kier alpha value is -1.27. The summed E-state index contributed by atoms with van der Waals surface area (Å²) >= 11 is 4.83. The van der Waals surface area contributed by atoms with E-state index in [1.54, 1.807) is 7.11 Å². The summed E-state index contributed by atoms with van der Waals surface area (Å²) < 4.78 is 7.45. The van der Waals surface area contributed by atoms with Gasteiger partial charge in [-0.05, 0) is 0 Å². The standard InChI is InChI=1S/C16H13ClO2Te/c1-19-13-8-5-9-14(10-13)20-15(11-16(17)18)12-6-3-2-4-7-12/h2-11H,1H3. The third-order valence-corrected chi connectivity index (χ3v) is 5.72. The molecule has 0 heterocycles. The first-order valence-electron chi connectivity index (χ1n) is 5.97. The number of hydrogen-bond acceptors (Lipinski definition) is 2. The Labute approximate surface area is 133 Å². The van der Waals surface area contributed by atoms with Crippen LogP contribution in [0.3, 0.4) is 0 Å². The summed E-state index contributed by atoms with van der Waals surface area (Å²) in [6.07, 6.45) is 1.53. The van der Waals surface area contributed by atoms with E-state index in [1.165, 1.54) is 9.69 Å². The van der Waals surface area contributed by atoms with Gasteiger partial charge in [0, 0.05) is 0 Å². The average molecular weight is 400 g/mol. The number of halogens is 1. The van der Waals surface area contributed by atoms with Gasteiger partial charge in [0.1, 0.15) is 0 Å². The Morgan fingerprint density at radius 3 is 2.55 bits per heavy atom. The van der Waals surface area contributed by atoms with Crippen molar-refractivity contribution in [2.24, 2.45) is 0 Å². The molecule has 102 valence electrons. The fourth-order valence-corrected chi connectivity index (χ4v) is 4.82. The Kier molecular flexibility index (Phi) is 5.67. The van der Waals surface area contributed by atoms with Crippen molar-refractivity contribution in [3.8, 4) is 5.75 Å². The van der Waals surface area contributed by atoms with Crippen molar-refractivity contribution in [2.75, 3.05) is 7.11 Å². The maximum absolute atomic E-state index is 11.2. The molecule has 0 aliphatic rings. The monoisotopic (exact) mass is 402 g/mol. The van der Waals surface area contributed by atoms with Crippen molar-refractivity contribution in [3.63, 3.8) is 0 Å². The molecule has 2 nitrogen and oxygen atoms in total. The number of rotatable bonds is 5. The van der Waals surface area contributed by atoms with Crippen molar-refractivity contribution in [3.05, 3.63) is 66.2 Å². The molecule has 20 heavy (non-hydrogen) atoms. The van der Waals surface area contributed by atoms with Crippen molar-refractivity contribution >= 4 is 45.0 Å². The fraction of sp³-hybridized carbons (Fsp3) is 0.0625. The molecule has 4 heteroatoms. The zero-order valence-electron chi connectivity index (χ0n) is 10.9. The molecule has 0 radical (unpaired) electrons. The number of carbonyl (C=O) groups excluding carboxylic acids is 1. The molecule has 0 amide bonds. The second-order valence-electron chi connectivity index (χ2n) is 3.96. The molecule has 2 aromatic carbocycles. The van der Waals surface area contributed by atoms with Gasteiger partial charge in [-0.2, -0.15) is 0 Å². The topological polar surface area (TPSA) is 26.3 Å². The number of benzene rings is 2. The molecular formula is C16H13ClO2Te. The van der Waals surface area contributed by atoms with Gasteiger partial charge in [-0.1, -0.05) is 0 Å². The van der Waals surface area contributed by atoms with Crippen LogP contribution in [-0.2, 0) is 4.79 Å².